The number of anilines is 1. The molecular weight excluding hydrogens is 1290 g/mol. The largest absolute Gasteiger partial charge is 0.501 e. The number of morpholine rings is 1. The van der Waals surface area contributed by atoms with Gasteiger partial charge in [-0.05, 0) is 132 Å². The Labute approximate surface area is 558 Å². The Morgan fingerprint density at radius 3 is 2.14 bits per heavy atom. The maximum atomic E-state index is 14.5. The molecule has 5 aromatic rings. The van der Waals surface area contributed by atoms with Gasteiger partial charge < -0.3 is 29.9 Å². The number of aromatic nitrogens is 1. The Bertz CT molecular complexity index is 3800. The van der Waals surface area contributed by atoms with E-state index in [1.165, 1.54) is 17.0 Å². The standard InChI is InChI=1S/C68H84ClF3N8O11S3/c1-7-46(24-26-76-32-34-91-35-33-76)37-51-16-21-56(39-60(51)93(87,88)68(70,71)72)94(89,90)75-65(85)50-14-19-54(20-15-50)78-30-28-77(29-31-78)40-52-41-79(27-25-57(52)48-12-17-53(69)18-13-48)62(84)23-22-61(83)74-64(67(4,5)6)66(86)80-42-55(81)38-58(80)59(82)36-44(2)47-8-10-49(11-9-47)63-45(3)73-43-92-63/h8-21,39,43-44,46,55,58,64,81H,7,22-38,40-42H2,1-6H3,(H,74,83)(H,75,85)/t44-,46+,55-,58+,64-/m1/s1. The van der Waals surface area contributed by atoms with Crippen LogP contribution in [0.1, 0.15) is 118 Å². The number of carbonyl (C=O) groups excluding carboxylic acids is 5. The highest BCUT2D eigenvalue weighted by molar-refractivity contribution is 7.92. The highest BCUT2D eigenvalue weighted by Gasteiger charge is 2.49. The third kappa shape index (κ3) is 17.7. The van der Waals surface area contributed by atoms with Crippen molar-refractivity contribution in [1.29, 1.82) is 0 Å². The Kier molecular flexibility index (Phi) is 23.4. The van der Waals surface area contributed by atoms with E-state index < -0.39 is 76.5 Å². The Hall–Kier alpha value is -6.58. The minimum Gasteiger partial charge on any atom is -0.391 e. The maximum Gasteiger partial charge on any atom is 0.501 e. The first-order valence-corrected chi connectivity index (χ1v) is 36.2. The third-order valence-electron chi connectivity index (χ3n) is 18.4. The second kappa shape index (κ2) is 30.7. The molecule has 5 atom stereocenters. The number of nitrogens with zero attached hydrogens (tertiary/aromatic N) is 6. The molecule has 94 heavy (non-hydrogen) atoms. The smallest absolute Gasteiger partial charge is 0.391 e. The topological polar surface area (TPSA) is 236 Å². The maximum absolute atomic E-state index is 14.5. The lowest BCUT2D eigenvalue weighted by Crippen LogP contribution is -2.57. The highest BCUT2D eigenvalue weighted by atomic mass is 35.5. The summed E-state index contributed by atoms with van der Waals surface area (Å²) in [4.78, 5) is 83.0. The number of likely N-dealkylation sites (tertiary alicyclic amines) is 1. The van der Waals surface area contributed by atoms with E-state index in [9.17, 15) is 59.1 Å². The predicted molar refractivity (Wildman–Crippen MR) is 355 cm³/mol. The molecule has 0 unspecified atom stereocenters. The monoisotopic (exact) mass is 1380 g/mol. The van der Waals surface area contributed by atoms with Crippen molar-refractivity contribution < 1.29 is 63.8 Å². The lowest BCUT2D eigenvalue weighted by atomic mass is 9.85. The minimum absolute atomic E-state index is 0.0446. The van der Waals surface area contributed by atoms with Gasteiger partial charge in [0.1, 0.15) is 6.04 Å². The van der Waals surface area contributed by atoms with E-state index in [4.69, 9.17) is 16.3 Å². The quantitative estimate of drug-likeness (QED) is 0.0522. The minimum atomic E-state index is -6.00. The molecule has 508 valence electrons. The van der Waals surface area contributed by atoms with Crippen molar-refractivity contribution in [1.82, 2.24) is 34.6 Å². The molecule has 4 aliphatic rings. The summed E-state index contributed by atoms with van der Waals surface area (Å²) in [5.74, 6) is -2.83. The van der Waals surface area contributed by atoms with Crippen LogP contribution in [0.4, 0.5) is 18.9 Å². The number of thiazole rings is 1. The molecule has 0 aliphatic carbocycles. The average molecular weight is 1380 g/mol. The molecule has 1 aromatic heterocycles. The van der Waals surface area contributed by atoms with E-state index in [2.05, 4.69) is 25.0 Å². The molecule has 19 nitrogen and oxygen atoms in total. The van der Waals surface area contributed by atoms with Gasteiger partial charge in [-0.25, -0.2) is 26.5 Å². The van der Waals surface area contributed by atoms with Crippen molar-refractivity contribution in [3.8, 4) is 10.4 Å². The second-order valence-corrected chi connectivity index (χ2v) is 30.9. The fourth-order valence-electron chi connectivity index (χ4n) is 12.8. The summed E-state index contributed by atoms with van der Waals surface area (Å²) >= 11 is 7.87. The first kappa shape index (κ1) is 71.7. The van der Waals surface area contributed by atoms with Gasteiger partial charge in [-0.3, -0.25) is 33.8 Å². The van der Waals surface area contributed by atoms with Gasteiger partial charge in [0.2, 0.25) is 17.7 Å². The van der Waals surface area contributed by atoms with E-state index in [-0.39, 0.29) is 73.3 Å². The number of benzene rings is 4. The SMILES string of the molecule is CC[C@@H](CCN1CCOCC1)Cc1ccc(S(=O)(=O)NC(=O)c2ccc(N3CCN(CC4=C(c5ccc(Cl)cc5)CCN(C(=O)CCC(=O)N[C@H](C(=O)N5C[C@H](O)C[C@H]5C(=O)C[C@@H](C)c5ccc(-c6scnc6C)cc5)C(C)(C)C)C4)CC3)cc2)cc1S(=O)(=O)C(F)(F)F. The fraction of sp³-hybridized carbons (Fsp3) is 0.500. The van der Waals surface area contributed by atoms with Crippen LogP contribution in [-0.2, 0) is 50.2 Å². The summed E-state index contributed by atoms with van der Waals surface area (Å²) < 4.78 is 103. The number of rotatable bonds is 24. The number of piperazine rings is 1. The fourth-order valence-corrected chi connectivity index (χ4v) is 15.8. The molecule has 0 bridgehead atoms. The second-order valence-electron chi connectivity index (χ2n) is 26.1. The predicted octanol–water partition coefficient (Wildman–Crippen LogP) is 9.32. The summed E-state index contributed by atoms with van der Waals surface area (Å²) in [6.07, 6.45) is 0.599. The van der Waals surface area contributed by atoms with Crippen LogP contribution in [0, 0.1) is 18.3 Å². The number of sulfonamides is 1. The molecule has 0 radical (unpaired) electrons. The Morgan fingerprint density at radius 1 is 0.840 bits per heavy atom. The van der Waals surface area contributed by atoms with Crippen LogP contribution in [0.15, 0.2) is 112 Å². The first-order chi connectivity index (χ1) is 44.5. The van der Waals surface area contributed by atoms with Crippen LogP contribution < -0.4 is 14.9 Å². The van der Waals surface area contributed by atoms with E-state index in [0.717, 1.165) is 56.2 Å². The number of β-amino-alcohol motifs (C(OH)–C–C–N with tert-alkyl or cyclic N) is 1. The van der Waals surface area contributed by atoms with Crippen molar-refractivity contribution in [3.63, 3.8) is 0 Å². The van der Waals surface area contributed by atoms with Gasteiger partial charge in [0.05, 0.1) is 51.2 Å². The zero-order chi connectivity index (χ0) is 67.9. The van der Waals surface area contributed by atoms with Crippen LogP contribution in [0.25, 0.3) is 16.0 Å². The summed E-state index contributed by atoms with van der Waals surface area (Å²) in [5.41, 5.74) is 1.81. The van der Waals surface area contributed by atoms with Crippen molar-refractivity contribution >= 4 is 83.5 Å². The average Bonchev–Trinajstić information content (AvgIpc) is 0.863. The third-order valence-corrected chi connectivity index (χ3v) is 22.5. The van der Waals surface area contributed by atoms with Crippen LogP contribution in [-0.4, -0.2) is 185 Å². The van der Waals surface area contributed by atoms with Gasteiger partial charge in [-0.2, -0.15) is 13.2 Å². The van der Waals surface area contributed by atoms with Crippen molar-refractivity contribution in [2.45, 2.75) is 132 Å². The lowest BCUT2D eigenvalue weighted by molar-refractivity contribution is -0.143. The van der Waals surface area contributed by atoms with Gasteiger partial charge in [0, 0.05) is 107 Å². The van der Waals surface area contributed by atoms with E-state index in [1.54, 1.807) is 33.9 Å². The lowest BCUT2D eigenvalue weighted by Gasteiger charge is -2.39. The molecule has 26 heteroatoms. The van der Waals surface area contributed by atoms with Gasteiger partial charge >= 0.3 is 5.51 Å². The summed E-state index contributed by atoms with van der Waals surface area (Å²) in [5, 5.41) is 14.3. The molecule has 3 N–H and O–H groups in total. The molecule has 0 saturated carbocycles. The van der Waals surface area contributed by atoms with Crippen molar-refractivity contribution in [2.24, 2.45) is 11.3 Å². The Balaban J connectivity index is 0.786. The number of aryl methyl sites for hydroxylation is 1. The van der Waals surface area contributed by atoms with Crippen LogP contribution in [0.3, 0.4) is 0 Å². The number of nitrogens with one attached hydrogen (secondary N) is 2. The summed E-state index contributed by atoms with van der Waals surface area (Å²) in [6.45, 7) is 17.9. The number of amides is 4. The zero-order valence-corrected chi connectivity index (χ0v) is 57.1. The van der Waals surface area contributed by atoms with E-state index >= 15 is 0 Å². The number of hydrogen-bond donors (Lipinski definition) is 3. The Morgan fingerprint density at radius 2 is 1.51 bits per heavy atom. The molecular formula is C68H84ClF3N8O11S3. The number of hydrogen-bond acceptors (Lipinski definition) is 16. The molecule has 3 saturated heterocycles. The number of ketones is 1. The van der Waals surface area contributed by atoms with Gasteiger partial charge in [0.15, 0.2) is 5.78 Å². The summed E-state index contributed by atoms with van der Waals surface area (Å²) in [6, 6.07) is 22.4. The zero-order valence-electron chi connectivity index (χ0n) is 53.9. The normalized spacial score (nSPS) is 19.0. The molecule has 5 heterocycles. The molecule has 4 aliphatic heterocycles. The molecule has 4 aromatic carbocycles. The number of carbonyl (C=O) groups is 5. The number of Topliss-reactive ketones (excluding diaryl/α,β-unsaturated/α-hetero) is 1. The van der Waals surface area contributed by atoms with Crippen molar-refractivity contribution in [2.75, 3.05) is 90.1 Å². The van der Waals surface area contributed by atoms with Gasteiger partial charge in [-0.1, -0.05) is 95.1 Å². The number of halogens is 4. The summed E-state index contributed by atoms with van der Waals surface area (Å²) in [7, 11) is -10.9. The highest BCUT2D eigenvalue weighted by Crippen LogP contribution is 2.37. The van der Waals surface area contributed by atoms with E-state index in [0.29, 0.717) is 109 Å². The van der Waals surface area contributed by atoms with Gasteiger partial charge in [-0.15, -0.1) is 11.3 Å². The van der Waals surface area contributed by atoms with Gasteiger partial charge in [0.25, 0.3) is 25.8 Å². The number of aliphatic hydroxyl groups is 1. The van der Waals surface area contributed by atoms with Crippen LogP contribution in [0.2, 0.25) is 5.02 Å². The van der Waals surface area contributed by atoms with E-state index in [1.807, 2.05) is 94.8 Å². The number of aliphatic hydroxyl groups excluding tert-OH is 1. The van der Waals surface area contributed by atoms with Crippen LogP contribution >= 0.6 is 22.9 Å². The first-order valence-electron chi connectivity index (χ1n) is 31.9. The number of sulfone groups is 1. The van der Waals surface area contributed by atoms with Crippen LogP contribution in [0.5, 0.6) is 0 Å². The molecule has 9 rings (SSSR count). The molecule has 0 spiro atoms. The number of alkyl halides is 3. The number of ether oxygens (including phenoxy) is 1. The molecule has 3 fully saturated rings. The molecule has 4 amide bonds. The van der Waals surface area contributed by atoms with Crippen molar-refractivity contribution in [3.05, 3.63) is 135 Å².